The number of nitrogens with zero attached hydrogens (tertiary/aromatic N) is 1. The third-order valence-corrected chi connectivity index (χ3v) is 6.09. The molecule has 3 rings (SSSR count). The molecule has 2 unspecified atom stereocenters. The lowest BCUT2D eigenvalue weighted by Gasteiger charge is -2.30. The number of rotatable bonds is 9. The van der Waals surface area contributed by atoms with E-state index >= 15 is 0 Å². The van der Waals surface area contributed by atoms with Gasteiger partial charge >= 0.3 is 0 Å². The zero-order valence-corrected chi connectivity index (χ0v) is 18.6. The van der Waals surface area contributed by atoms with Gasteiger partial charge in [-0.3, -0.25) is 4.79 Å². The van der Waals surface area contributed by atoms with Crippen molar-refractivity contribution in [2.24, 2.45) is 0 Å². The molecular formula is C25H34N2O3. The molecule has 162 valence electrons. The van der Waals surface area contributed by atoms with Crippen LogP contribution in [0.3, 0.4) is 0 Å². The van der Waals surface area contributed by atoms with E-state index in [4.69, 9.17) is 4.74 Å². The van der Waals surface area contributed by atoms with Crippen molar-refractivity contribution in [1.82, 2.24) is 10.2 Å². The highest BCUT2D eigenvalue weighted by Gasteiger charge is 2.30. The Bertz CT molecular complexity index is 877. The standard InChI is InChI=1S/C25H34N2O3/c1-5-18(26-6-2)13-15-19-20-14-12-17(25(29)27(7-3)8-4)16-23(20)30-24-21(19)10-9-11-22(24)28/h9-12,14,16,18-19,26,28H,5-8,13,15H2,1-4H3. The molecule has 2 aromatic rings. The van der Waals surface area contributed by atoms with E-state index in [0.717, 1.165) is 36.9 Å². The van der Waals surface area contributed by atoms with Gasteiger partial charge in [0.05, 0.1) is 0 Å². The molecule has 2 atom stereocenters. The van der Waals surface area contributed by atoms with Crippen molar-refractivity contribution in [2.45, 2.75) is 58.9 Å². The Kier molecular flexibility index (Phi) is 7.38. The summed E-state index contributed by atoms with van der Waals surface area (Å²) in [6.45, 7) is 10.6. The van der Waals surface area contributed by atoms with Crippen molar-refractivity contribution < 1.29 is 14.6 Å². The predicted molar refractivity (Wildman–Crippen MR) is 121 cm³/mol. The fraction of sp³-hybridized carbons (Fsp3) is 0.480. The summed E-state index contributed by atoms with van der Waals surface area (Å²) in [4.78, 5) is 14.6. The molecule has 1 aliphatic rings. The number of benzene rings is 2. The molecule has 5 nitrogen and oxygen atoms in total. The molecule has 0 saturated heterocycles. The Morgan fingerprint density at radius 2 is 1.90 bits per heavy atom. The van der Waals surface area contributed by atoms with Crippen LogP contribution in [0.1, 0.15) is 74.4 Å². The average molecular weight is 411 g/mol. The Labute approximate surface area is 180 Å². The fourth-order valence-electron chi connectivity index (χ4n) is 4.36. The van der Waals surface area contributed by atoms with Crippen LogP contribution >= 0.6 is 0 Å². The van der Waals surface area contributed by atoms with Crippen molar-refractivity contribution in [2.75, 3.05) is 19.6 Å². The largest absolute Gasteiger partial charge is 0.504 e. The number of amides is 1. The van der Waals surface area contributed by atoms with Gasteiger partial charge in [0, 0.05) is 41.7 Å². The minimum Gasteiger partial charge on any atom is -0.504 e. The average Bonchev–Trinajstić information content (AvgIpc) is 2.76. The molecule has 0 bridgehead atoms. The number of carbonyl (C=O) groups is 1. The first-order valence-corrected chi connectivity index (χ1v) is 11.2. The Morgan fingerprint density at radius 3 is 2.57 bits per heavy atom. The topological polar surface area (TPSA) is 61.8 Å². The minimum absolute atomic E-state index is 0.00391. The van der Waals surface area contributed by atoms with Gasteiger partial charge < -0.3 is 20.1 Å². The van der Waals surface area contributed by atoms with Crippen LogP contribution in [0.5, 0.6) is 17.2 Å². The monoisotopic (exact) mass is 410 g/mol. The summed E-state index contributed by atoms with van der Waals surface area (Å²) >= 11 is 0. The second-order valence-electron chi connectivity index (χ2n) is 7.82. The van der Waals surface area contributed by atoms with E-state index in [1.54, 1.807) is 11.0 Å². The van der Waals surface area contributed by atoms with E-state index < -0.39 is 0 Å². The van der Waals surface area contributed by atoms with Gasteiger partial charge in [-0.05, 0) is 57.9 Å². The molecule has 0 saturated carbocycles. The maximum Gasteiger partial charge on any atom is 0.253 e. The Morgan fingerprint density at radius 1 is 1.13 bits per heavy atom. The zero-order valence-electron chi connectivity index (χ0n) is 18.6. The van der Waals surface area contributed by atoms with Crippen LogP contribution < -0.4 is 10.1 Å². The van der Waals surface area contributed by atoms with E-state index in [0.29, 0.717) is 36.2 Å². The Balaban J connectivity index is 1.96. The SMILES string of the molecule is CCNC(CC)CCC1c2ccc(C(=O)N(CC)CC)cc2Oc2c(O)cccc21. The summed E-state index contributed by atoms with van der Waals surface area (Å²) in [6, 6.07) is 11.8. The summed E-state index contributed by atoms with van der Waals surface area (Å²) in [5.41, 5.74) is 2.71. The van der Waals surface area contributed by atoms with Crippen LogP contribution in [-0.4, -0.2) is 41.6 Å². The number of ether oxygens (including phenoxy) is 1. The lowest BCUT2D eigenvalue weighted by atomic mass is 9.83. The highest BCUT2D eigenvalue weighted by Crippen LogP contribution is 2.49. The van der Waals surface area contributed by atoms with E-state index in [-0.39, 0.29) is 17.6 Å². The predicted octanol–water partition coefficient (Wildman–Crippen LogP) is 5.28. The lowest BCUT2D eigenvalue weighted by molar-refractivity contribution is 0.0772. The van der Waals surface area contributed by atoms with Gasteiger partial charge in [-0.25, -0.2) is 0 Å². The number of phenols is 1. The van der Waals surface area contributed by atoms with Crippen LogP contribution in [0, 0.1) is 0 Å². The Hall–Kier alpha value is -2.53. The second kappa shape index (κ2) is 9.98. The van der Waals surface area contributed by atoms with Gasteiger partial charge in [0.15, 0.2) is 11.5 Å². The molecule has 1 aliphatic heterocycles. The van der Waals surface area contributed by atoms with Gasteiger partial charge in [-0.2, -0.15) is 0 Å². The number of para-hydroxylation sites is 1. The van der Waals surface area contributed by atoms with Gasteiger partial charge in [-0.1, -0.05) is 32.0 Å². The summed E-state index contributed by atoms with van der Waals surface area (Å²) in [5, 5.41) is 14.0. The first-order valence-electron chi connectivity index (χ1n) is 11.2. The van der Waals surface area contributed by atoms with Crippen molar-refractivity contribution in [3.8, 4) is 17.2 Å². The maximum atomic E-state index is 12.8. The molecule has 1 heterocycles. The number of hydrogen-bond donors (Lipinski definition) is 2. The van der Waals surface area contributed by atoms with Crippen LogP contribution in [0.2, 0.25) is 0 Å². The van der Waals surface area contributed by atoms with Crippen molar-refractivity contribution >= 4 is 5.91 Å². The van der Waals surface area contributed by atoms with Crippen molar-refractivity contribution in [3.05, 3.63) is 53.1 Å². The van der Waals surface area contributed by atoms with Crippen LogP contribution in [0.15, 0.2) is 36.4 Å². The molecule has 0 fully saturated rings. The van der Waals surface area contributed by atoms with Gasteiger partial charge in [0.25, 0.3) is 5.91 Å². The first kappa shape index (κ1) is 22.2. The molecule has 1 amide bonds. The molecule has 0 aliphatic carbocycles. The molecule has 0 radical (unpaired) electrons. The third-order valence-electron chi connectivity index (χ3n) is 6.09. The van der Waals surface area contributed by atoms with E-state index in [1.807, 2.05) is 44.2 Å². The summed E-state index contributed by atoms with van der Waals surface area (Å²) < 4.78 is 6.12. The number of nitrogens with one attached hydrogen (secondary N) is 1. The second-order valence-corrected chi connectivity index (χ2v) is 7.82. The smallest absolute Gasteiger partial charge is 0.253 e. The number of aromatic hydroxyl groups is 1. The lowest BCUT2D eigenvalue weighted by Crippen LogP contribution is -2.30. The highest BCUT2D eigenvalue weighted by atomic mass is 16.5. The zero-order chi connectivity index (χ0) is 21.7. The molecule has 0 aromatic heterocycles. The summed E-state index contributed by atoms with van der Waals surface area (Å²) in [7, 11) is 0. The quantitative estimate of drug-likeness (QED) is 0.590. The normalized spacial score (nSPS) is 15.7. The fourth-order valence-corrected chi connectivity index (χ4v) is 4.36. The summed E-state index contributed by atoms with van der Waals surface area (Å²) in [6.07, 6.45) is 3.06. The summed E-state index contributed by atoms with van der Waals surface area (Å²) in [5.74, 6) is 1.45. The maximum absolute atomic E-state index is 12.8. The number of phenolic OH excluding ortho intramolecular Hbond substituents is 1. The minimum atomic E-state index is 0.00391. The van der Waals surface area contributed by atoms with E-state index in [9.17, 15) is 9.90 Å². The molecule has 2 aromatic carbocycles. The van der Waals surface area contributed by atoms with Gasteiger partial charge in [-0.15, -0.1) is 0 Å². The first-order chi connectivity index (χ1) is 14.5. The van der Waals surface area contributed by atoms with Crippen LogP contribution in [0.25, 0.3) is 0 Å². The van der Waals surface area contributed by atoms with Crippen LogP contribution in [-0.2, 0) is 0 Å². The van der Waals surface area contributed by atoms with Gasteiger partial charge in [0.1, 0.15) is 5.75 Å². The molecule has 0 spiro atoms. The highest BCUT2D eigenvalue weighted by molar-refractivity contribution is 5.95. The third kappa shape index (κ3) is 4.46. The number of hydrogen-bond acceptors (Lipinski definition) is 4. The van der Waals surface area contributed by atoms with Gasteiger partial charge in [0.2, 0.25) is 0 Å². The number of carbonyl (C=O) groups excluding carboxylic acids is 1. The van der Waals surface area contributed by atoms with Crippen LogP contribution in [0.4, 0.5) is 0 Å². The molecule has 2 N–H and O–H groups in total. The van der Waals surface area contributed by atoms with E-state index in [1.165, 1.54) is 0 Å². The van der Waals surface area contributed by atoms with Crippen molar-refractivity contribution in [3.63, 3.8) is 0 Å². The number of fused-ring (bicyclic) bond motifs is 2. The molecule has 30 heavy (non-hydrogen) atoms. The van der Waals surface area contributed by atoms with E-state index in [2.05, 4.69) is 19.2 Å². The molecular weight excluding hydrogens is 376 g/mol. The van der Waals surface area contributed by atoms with Crippen molar-refractivity contribution in [1.29, 1.82) is 0 Å². The molecule has 5 heteroatoms.